The minimum atomic E-state index is 0.0564. The first kappa shape index (κ1) is 91.3. The lowest BCUT2D eigenvalue weighted by Gasteiger charge is -2.54. The zero-order valence-electron chi connectivity index (χ0n) is 84.6. The van der Waals surface area contributed by atoms with Crippen molar-refractivity contribution in [3.05, 3.63) is 56.7 Å². The van der Waals surface area contributed by atoms with Gasteiger partial charge in [0, 0.05) is 60.8 Å². The SMILES string of the molecule is C=C1CC[C@@]2(C)[C@H](CC[C@H]3[C@@H]4CC[C@@]5(CC(C)=C4C[C@@H]32)O[C@@H]2C[C@H](C)CN[C@H]2[C@H]5C)C1.CC(=O)N[C@@H]1CC[C@@]2(C)[C@H](CC[C@H]3[C@@H]4CC[C@@]5(CC(C)=C4C[C@@H]32)O[C@@H]2C[C@H](C)CN[C@H]2[C@H]5C)C1.CC1=C2C[C@H]3[C@@H](CC[C@@H]4C[C@H](C)CC[C@@]43C)[C@@H]2CC[C@@]2(C1)O[C@@H]1C[C@H](C)CN[C@H]1[C@H]2C.CC1=C2C[C@H]3[C@@H](CC[C@@H]4C[C@H](C)CC[C@@]43C)[C@@H]2CC[C@@]2(C1)O[C@@H]1C[C@H](C)CN[C@H]1[C@H]2C. The van der Waals surface area contributed by atoms with Crippen molar-refractivity contribution in [2.45, 2.75) is 465 Å². The van der Waals surface area contributed by atoms with Gasteiger partial charge in [-0.25, -0.2) is 0 Å². The Balaban J connectivity index is 0.000000103. The molecule has 0 bridgehead atoms. The van der Waals surface area contributed by atoms with Gasteiger partial charge in [0.25, 0.3) is 0 Å². The van der Waals surface area contributed by atoms with Crippen molar-refractivity contribution >= 4 is 5.91 Å². The lowest BCUT2D eigenvalue weighted by molar-refractivity contribution is -0.121. The van der Waals surface area contributed by atoms with Crippen LogP contribution < -0.4 is 26.6 Å². The maximum absolute atomic E-state index is 11.7. The van der Waals surface area contributed by atoms with E-state index in [2.05, 4.69) is 158 Å². The highest BCUT2D eigenvalue weighted by Crippen LogP contribution is 2.72. The summed E-state index contributed by atoms with van der Waals surface area (Å²) in [6, 6.07) is 2.69. The molecule has 20 fully saturated rings. The van der Waals surface area contributed by atoms with E-state index in [1.807, 2.05) is 22.3 Å². The number of piperidine rings is 4. The molecular weight excluding hydrogens is 1560 g/mol. The second-order valence-electron chi connectivity index (χ2n) is 54.1. The summed E-state index contributed by atoms with van der Waals surface area (Å²) in [6.45, 7) is 55.9. The number of hydrogen-bond donors (Lipinski definition) is 5. The van der Waals surface area contributed by atoms with E-state index in [1.165, 1.54) is 276 Å². The van der Waals surface area contributed by atoms with Crippen molar-refractivity contribution in [1.29, 1.82) is 0 Å². The Morgan fingerprint density at radius 1 is 0.331 bits per heavy atom. The summed E-state index contributed by atoms with van der Waals surface area (Å²) in [7, 11) is 0. The molecule has 0 aromatic carbocycles. The monoisotopic (exact) mass is 1740 g/mol. The van der Waals surface area contributed by atoms with Gasteiger partial charge in [0.15, 0.2) is 0 Å². The molecule has 0 aromatic rings. The molecule has 8 heterocycles. The van der Waals surface area contributed by atoms with Gasteiger partial charge in [0.2, 0.25) is 5.91 Å². The largest absolute Gasteiger partial charge is 0.369 e. The van der Waals surface area contributed by atoms with E-state index < -0.39 is 0 Å². The fraction of sp³-hybridized carbons (Fsp3) is 0.906. The van der Waals surface area contributed by atoms with E-state index in [-0.39, 0.29) is 28.3 Å². The molecule has 0 radical (unpaired) electrons. The predicted molar refractivity (Wildman–Crippen MR) is 520 cm³/mol. The number of allylic oxidation sites excluding steroid dienone is 5. The van der Waals surface area contributed by atoms with E-state index in [4.69, 9.17) is 18.9 Å². The van der Waals surface area contributed by atoms with Crippen LogP contribution in [0.2, 0.25) is 0 Å². The summed E-state index contributed by atoms with van der Waals surface area (Å²) in [6.07, 6.45) is 56.0. The van der Waals surface area contributed by atoms with E-state index in [9.17, 15) is 4.79 Å². The Morgan fingerprint density at radius 3 is 0.921 bits per heavy atom. The van der Waals surface area contributed by atoms with Crippen LogP contribution in [0, 0.1) is 176 Å². The lowest BCUT2D eigenvalue weighted by Crippen LogP contribution is -2.50. The molecule has 16 aliphatic carbocycles. The molecule has 10 heteroatoms. The molecule has 5 N–H and O–H groups in total. The third kappa shape index (κ3) is 15.4. The maximum Gasteiger partial charge on any atom is 0.217 e. The van der Waals surface area contributed by atoms with Gasteiger partial charge in [0.1, 0.15) is 0 Å². The fourth-order valence-corrected chi connectivity index (χ4v) is 40.0. The Morgan fingerprint density at radius 2 is 0.614 bits per heavy atom. The molecule has 0 unspecified atom stereocenters. The van der Waals surface area contributed by atoms with E-state index in [0.29, 0.717) is 100.0 Å². The molecular formula is C117H187N5O5. The van der Waals surface area contributed by atoms with Crippen molar-refractivity contribution < 1.29 is 23.7 Å². The zero-order chi connectivity index (χ0) is 88.5. The lowest BCUT2D eigenvalue weighted by atomic mass is 9.51. The first-order valence-corrected chi connectivity index (χ1v) is 55.9. The third-order valence-corrected chi connectivity index (χ3v) is 47.4. The molecule has 8 aliphatic heterocycles. The number of ether oxygens (including phenoxy) is 4. The summed E-state index contributed by atoms with van der Waals surface area (Å²) >= 11 is 0. The molecule has 24 aliphatic rings. The number of carbonyl (C=O) groups is 1. The number of amides is 1. The highest BCUT2D eigenvalue weighted by Gasteiger charge is 2.67. The normalized spacial score (nSPS) is 54.9. The van der Waals surface area contributed by atoms with Gasteiger partial charge in [-0.3, -0.25) is 4.79 Å². The van der Waals surface area contributed by atoms with Crippen molar-refractivity contribution in [3.8, 4) is 0 Å². The Labute approximate surface area is 775 Å². The molecule has 4 spiro atoms. The molecule has 43 atom stereocenters. The van der Waals surface area contributed by atoms with Crippen molar-refractivity contribution in [3.63, 3.8) is 0 Å². The van der Waals surface area contributed by atoms with E-state index in [1.54, 1.807) is 29.2 Å². The second kappa shape index (κ2) is 34.2. The Kier molecular flexibility index (Phi) is 24.6. The zero-order valence-corrected chi connectivity index (χ0v) is 84.6. The molecule has 710 valence electrons. The van der Waals surface area contributed by atoms with Crippen molar-refractivity contribution in [2.24, 2.45) is 176 Å². The second-order valence-corrected chi connectivity index (χ2v) is 54.1. The topological polar surface area (TPSA) is 114 Å². The molecule has 12 saturated carbocycles. The minimum Gasteiger partial charge on any atom is -0.369 e. The number of nitrogens with one attached hydrogen (secondary N) is 5. The number of hydrogen-bond acceptors (Lipinski definition) is 9. The highest BCUT2D eigenvalue weighted by molar-refractivity contribution is 5.73. The Hall–Kier alpha value is -2.15. The summed E-state index contributed by atoms with van der Waals surface area (Å²) < 4.78 is 28.2. The summed E-state index contributed by atoms with van der Waals surface area (Å²) in [5, 5.41) is 18.8. The van der Waals surface area contributed by atoms with Crippen LogP contribution in [0.15, 0.2) is 56.7 Å². The molecule has 8 saturated heterocycles. The summed E-state index contributed by atoms with van der Waals surface area (Å²) in [5.74, 6) is 22.1. The highest BCUT2D eigenvalue weighted by atomic mass is 16.5. The number of carbonyl (C=O) groups excluding carboxylic acids is 1. The van der Waals surface area contributed by atoms with Crippen LogP contribution in [0.4, 0.5) is 0 Å². The van der Waals surface area contributed by atoms with Gasteiger partial charge >= 0.3 is 0 Å². The first-order chi connectivity index (χ1) is 60.6. The quantitative estimate of drug-likeness (QED) is 0.164. The van der Waals surface area contributed by atoms with Crippen LogP contribution in [-0.4, -0.2) is 109 Å². The first-order valence-electron chi connectivity index (χ1n) is 55.9. The van der Waals surface area contributed by atoms with Gasteiger partial charge in [-0.1, -0.05) is 167 Å². The van der Waals surface area contributed by atoms with Gasteiger partial charge < -0.3 is 45.5 Å². The fourth-order valence-electron chi connectivity index (χ4n) is 40.0. The average Bonchev–Trinajstić information content (AvgIpc) is 1.58. The van der Waals surface area contributed by atoms with Crippen molar-refractivity contribution in [1.82, 2.24) is 26.6 Å². The maximum atomic E-state index is 11.7. The van der Waals surface area contributed by atoms with Crippen molar-refractivity contribution in [2.75, 3.05) is 26.2 Å². The predicted octanol–water partition coefficient (Wildman–Crippen LogP) is 25.8. The van der Waals surface area contributed by atoms with Crippen LogP contribution in [0.25, 0.3) is 0 Å². The van der Waals surface area contributed by atoms with Gasteiger partial charge in [-0.05, 0) is 450 Å². The number of rotatable bonds is 1. The third-order valence-electron chi connectivity index (χ3n) is 47.4. The van der Waals surface area contributed by atoms with Crippen LogP contribution in [0.1, 0.15) is 388 Å². The van der Waals surface area contributed by atoms with Gasteiger partial charge in [-0.2, -0.15) is 0 Å². The van der Waals surface area contributed by atoms with Gasteiger partial charge in [-0.15, -0.1) is 0 Å². The Bertz CT molecular complexity index is 4100. The van der Waals surface area contributed by atoms with E-state index in [0.717, 1.165) is 143 Å². The van der Waals surface area contributed by atoms with Crippen LogP contribution >= 0.6 is 0 Å². The van der Waals surface area contributed by atoms with Crippen LogP contribution in [-0.2, 0) is 23.7 Å². The van der Waals surface area contributed by atoms with Crippen LogP contribution in [0.3, 0.4) is 0 Å². The minimum absolute atomic E-state index is 0.0564. The smallest absolute Gasteiger partial charge is 0.217 e. The molecule has 10 nitrogen and oxygen atoms in total. The molecule has 127 heavy (non-hydrogen) atoms. The van der Waals surface area contributed by atoms with Gasteiger partial charge in [0.05, 0.1) is 46.8 Å². The molecule has 1 amide bonds. The van der Waals surface area contributed by atoms with E-state index >= 15 is 0 Å². The molecule has 0 aromatic heterocycles. The number of fused-ring (bicyclic) bond motifs is 24. The average molecular weight is 1740 g/mol. The van der Waals surface area contributed by atoms with Crippen LogP contribution in [0.5, 0.6) is 0 Å². The molecule has 24 rings (SSSR count). The summed E-state index contributed by atoms with van der Waals surface area (Å²) in [5.41, 5.74) is 18.5. The standard InChI is InChI=1S/C30H48N2O2.2C29H47NO.C29H45NO/c1-17-12-27-28(31-16-17)19(3)30(34-27)11-9-23-24-7-6-21-13-22(32-20(4)33)8-10-29(21,5)26(24)14-25(23)18(2)15-30;3*1-17-8-10-28(5)21(12-17)6-7-23-22-9-11-29(15-19(3)24(22)14-25(23)28)20(4)27-26(31-29)13-18(2)16-30-27/h17,19,21-24,26-28,31H,6-16H2,1-5H3,(H,32,33);2*17-18,20-23,25-27,30H,6-16H2,1-5H3;18,20-23,25-27,30H,1,6-16H2,2-5H3/t17-,19+,21+,22+,23-,24-,26-,27+,28-,29-,30-;2*17-,18+,20-,21-,22+,23+,25+,26-,27+,28+,29+;18-,20+,21+,22-,23-,25-,26+,27-,28-,29-/m0110/s1. The summed E-state index contributed by atoms with van der Waals surface area (Å²) in [4.78, 5) is 11.7.